The first-order valence-corrected chi connectivity index (χ1v) is 19.8. The quantitative estimate of drug-likeness (QED) is 0.163. The SMILES string of the molecule is c1ccc(-c2cc(-c3cccc(-c4cccc(-c5cc(-n6c7ccccc7c7c8ccccc8ccc76)nc(-c6ccccc6)n5)c4)c3)nc(-c3ccccc3)n2)cc1. The highest BCUT2D eigenvalue weighted by atomic mass is 15.1. The van der Waals surface area contributed by atoms with Gasteiger partial charge in [-0.1, -0.05) is 176 Å². The lowest BCUT2D eigenvalue weighted by Gasteiger charge is -2.13. The smallest absolute Gasteiger partial charge is 0.162 e. The van der Waals surface area contributed by atoms with Crippen molar-refractivity contribution in [2.24, 2.45) is 0 Å². The van der Waals surface area contributed by atoms with Crippen LogP contribution in [0.15, 0.2) is 212 Å². The lowest BCUT2D eigenvalue weighted by atomic mass is 9.98. The monoisotopic (exact) mass is 753 g/mol. The van der Waals surface area contributed by atoms with Gasteiger partial charge < -0.3 is 0 Å². The average Bonchev–Trinajstić information content (AvgIpc) is 3.67. The highest BCUT2D eigenvalue weighted by Crippen LogP contribution is 2.38. The number of hydrogen-bond acceptors (Lipinski definition) is 4. The Labute approximate surface area is 341 Å². The number of rotatable bonds is 7. The van der Waals surface area contributed by atoms with Gasteiger partial charge in [0.05, 0.1) is 28.1 Å². The van der Waals surface area contributed by atoms with Crippen molar-refractivity contribution >= 4 is 32.6 Å². The molecule has 0 unspecified atom stereocenters. The molecule has 0 aliphatic carbocycles. The Balaban J connectivity index is 1.05. The van der Waals surface area contributed by atoms with Gasteiger partial charge in [-0.2, -0.15) is 0 Å². The van der Waals surface area contributed by atoms with Crippen LogP contribution in [0.1, 0.15) is 0 Å². The topological polar surface area (TPSA) is 56.5 Å². The fraction of sp³-hybridized carbons (Fsp3) is 0. The molecule has 3 heterocycles. The van der Waals surface area contributed by atoms with Gasteiger partial charge >= 0.3 is 0 Å². The Morgan fingerprint density at radius 3 is 1.41 bits per heavy atom. The molecule has 0 fully saturated rings. The van der Waals surface area contributed by atoms with Crippen LogP contribution in [0.3, 0.4) is 0 Å². The van der Waals surface area contributed by atoms with E-state index < -0.39 is 0 Å². The van der Waals surface area contributed by atoms with E-state index >= 15 is 0 Å². The summed E-state index contributed by atoms with van der Waals surface area (Å²) in [7, 11) is 0. The van der Waals surface area contributed by atoms with Gasteiger partial charge in [-0.25, -0.2) is 19.9 Å². The van der Waals surface area contributed by atoms with Crippen LogP contribution in [-0.4, -0.2) is 24.5 Å². The van der Waals surface area contributed by atoms with Crippen molar-refractivity contribution in [1.82, 2.24) is 24.5 Å². The van der Waals surface area contributed by atoms with Crippen LogP contribution >= 0.6 is 0 Å². The van der Waals surface area contributed by atoms with Crippen LogP contribution in [-0.2, 0) is 0 Å². The maximum atomic E-state index is 5.28. The predicted octanol–water partition coefficient (Wildman–Crippen LogP) is 13.5. The van der Waals surface area contributed by atoms with E-state index in [2.05, 4.69) is 162 Å². The molecular formula is C54H35N5. The van der Waals surface area contributed by atoms with Crippen LogP contribution < -0.4 is 0 Å². The van der Waals surface area contributed by atoms with E-state index in [1.165, 1.54) is 21.5 Å². The number of aromatic nitrogens is 5. The number of benzene rings is 8. The first-order chi connectivity index (χ1) is 29.2. The van der Waals surface area contributed by atoms with E-state index in [9.17, 15) is 0 Å². The minimum atomic E-state index is 0.671. The number of para-hydroxylation sites is 1. The number of hydrogen-bond donors (Lipinski definition) is 0. The largest absolute Gasteiger partial charge is 0.294 e. The number of nitrogens with zero attached hydrogens (tertiary/aromatic N) is 5. The minimum Gasteiger partial charge on any atom is -0.294 e. The Morgan fingerprint density at radius 2 is 0.763 bits per heavy atom. The fourth-order valence-corrected chi connectivity index (χ4v) is 8.18. The Hall–Kier alpha value is -8.02. The summed E-state index contributed by atoms with van der Waals surface area (Å²) >= 11 is 0. The van der Waals surface area contributed by atoms with E-state index in [1.807, 2.05) is 54.6 Å². The maximum absolute atomic E-state index is 5.28. The van der Waals surface area contributed by atoms with Crippen molar-refractivity contribution in [3.63, 3.8) is 0 Å². The van der Waals surface area contributed by atoms with Crippen molar-refractivity contribution < 1.29 is 0 Å². The summed E-state index contributed by atoms with van der Waals surface area (Å²) in [5, 5.41) is 4.85. The lowest BCUT2D eigenvalue weighted by Crippen LogP contribution is -2.02. The molecule has 0 radical (unpaired) electrons. The molecule has 59 heavy (non-hydrogen) atoms. The Bertz CT molecular complexity index is 3260. The zero-order valence-corrected chi connectivity index (χ0v) is 31.9. The standard InChI is InChI=1S/C54H35N5/c1-4-17-37(18-5-1)46-34-47(56-53(55-46)38-19-6-2-7-20-38)42-25-14-23-40(32-42)41-24-15-26-43(33-41)48-35-51(58-54(57-48)39-21-8-3-9-22-39)59-49-29-13-12-28-45(49)52-44-27-11-10-16-36(44)30-31-50(52)59/h1-35H. The third-order valence-electron chi connectivity index (χ3n) is 11.0. The average molecular weight is 754 g/mol. The summed E-state index contributed by atoms with van der Waals surface area (Å²) in [5.74, 6) is 2.18. The van der Waals surface area contributed by atoms with Gasteiger partial charge in [-0.3, -0.25) is 4.57 Å². The molecule has 276 valence electrons. The van der Waals surface area contributed by atoms with Crippen molar-refractivity contribution in [3.8, 4) is 73.5 Å². The van der Waals surface area contributed by atoms with Crippen LogP contribution in [0.2, 0.25) is 0 Å². The normalized spacial score (nSPS) is 11.4. The summed E-state index contributed by atoms with van der Waals surface area (Å²) in [6, 6.07) is 73.8. The van der Waals surface area contributed by atoms with E-state index in [0.717, 1.165) is 72.9 Å². The summed E-state index contributed by atoms with van der Waals surface area (Å²) in [6.07, 6.45) is 0. The summed E-state index contributed by atoms with van der Waals surface area (Å²) in [5.41, 5.74) is 11.9. The molecule has 0 aliphatic rings. The molecule has 0 bridgehead atoms. The third-order valence-corrected chi connectivity index (χ3v) is 11.0. The van der Waals surface area contributed by atoms with E-state index in [-0.39, 0.29) is 0 Å². The molecule has 0 aliphatic heterocycles. The molecule has 0 saturated carbocycles. The van der Waals surface area contributed by atoms with Crippen molar-refractivity contribution in [2.45, 2.75) is 0 Å². The molecule has 0 N–H and O–H groups in total. The van der Waals surface area contributed by atoms with Crippen molar-refractivity contribution in [3.05, 3.63) is 212 Å². The maximum Gasteiger partial charge on any atom is 0.162 e. The lowest BCUT2D eigenvalue weighted by molar-refractivity contribution is 1.05. The van der Waals surface area contributed by atoms with Gasteiger partial charge in [-0.05, 0) is 52.2 Å². The van der Waals surface area contributed by atoms with Crippen LogP contribution in [0.25, 0.3) is 106 Å². The molecule has 0 amide bonds. The first-order valence-electron chi connectivity index (χ1n) is 19.8. The van der Waals surface area contributed by atoms with Crippen LogP contribution in [0, 0.1) is 0 Å². The first kappa shape index (κ1) is 34.2. The number of fused-ring (bicyclic) bond motifs is 5. The summed E-state index contributed by atoms with van der Waals surface area (Å²) in [6.45, 7) is 0. The van der Waals surface area contributed by atoms with Gasteiger partial charge in [0.15, 0.2) is 11.6 Å². The fourth-order valence-electron chi connectivity index (χ4n) is 8.18. The zero-order valence-electron chi connectivity index (χ0n) is 31.9. The molecular weight excluding hydrogens is 719 g/mol. The molecule has 3 aromatic heterocycles. The summed E-state index contributed by atoms with van der Waals surface area (Å²) < 4.78 is 2.29. The van der Waals surface area contributed by atoms with Gasteiger partial charge in [0.1, 0.15) is 5.82 Å². The highest BCUT2D eigenvalue weighted by molar-refractivity contribution is 6.21. The van der Waals surface area contributed by atoms with Crippen LogP contribution in [0.5, 0.6) is 0 Å². The third kappa shape index (κ3) is 6.32. The second kappa shape index (κ2) is 14.5. The van der Waals surface area contributed by atoms with Crippen molar-refractivity contribution in [2.75, 3.05) is 0 Å². The van der Waals surface area contributed by atoms with E-state index in [0.29, 0.717) is 11.6 Å². The molecule has 0 atom stereocenters. The Morgan fingerprint density at radius 1 is 0.288 bits per heavy atom. The van der Waals surface area contributed by atoms with Gasteiger partial charge in [0.25, 0.3) is 0 Å². The molecule has 11 rings (SSSR count). The molecule has 11 aromatic rings. The Kier molecular flexibility index (Phi) is 8.41. The van der Waals surface area contributed by atoms with Gasteiger partial charge in [0, 0.05) is 44.7 Å². The highest BCUT2D eigenvalue weighted by Gasteiger charge is 2.19. The molecule has 8 aromatic carbocycles. The minimum absolute atomic E-state index is 0.671. The summed E-state index contributed by atoms with van der Waals surface area (Å²) in [4.78, 5) is 20.6. The van der Waals surface area contributed by atoms with Crippen molar-refractivity contribution in [1.29, 1.82) is 0 Å². The van der Waals surface area contributed by atoms with Crippen LogP contribution in [0.4, 0.5) is 0 Å². The zero-order chi connectivity index (χ0) is 39.1. The molecule has 0 saturated heterocycles. The molecule has 5 nitrogen and oxygen atoms in total. The second-order valence-electron chi connectivity index (χ2n) is 14.7. The van der Waals surface area contributed by atoms with Gasteiger partial charge in [0.2, 0.25) is 0 Å². The van der Waals surface area contributed by atoms with E-state index in [4.69, 9.17) is 19.9 Å². The second-order valence-corrected chi connectivity index (χ2v) is 14.7. The van der Waals surface area contributed by atoms with E-state index in [1.54, 1.807) is 0 Å². The van der Waals surface area contributed by atoms with Gasteiger partial charge in [-0.15, -0.1) is 0 Å². The predicted molar refractivity (Wildman–Crippen MR) is 242 cm³/mol. The molecule has 5 heteroatoms. The molecule has 0 spiro atoms.